The van der Waals surface area contributed by atoms with Gasteiger partial charge in [-0.25, -0.2) is 13.9 Å². The van der Waals surface area contributed by atoms with E-state index in [-0.39, 0.29) is 43.7 Å². The first-order valence-corrected chi connectivity index (χ1v) is 9.65. The lowest BCUT2D eigenvalue weighted by molar-refractivity contribution is -0.118. The lowest BCUT2D eigenvalue weighted by Crippen LogP contribution is -2.26. The Kier molecular flexibility index (Phi) is 6.70. The highest BCUT2D eigenvalue weighted by Crippen LogP contribution is 2.35. The predicted molar refractivity (Wildman–Crippen MR) is 115 cm³/mol. The van der Waals surface area contributed by atoms with Gasteiger partial charge in [0.25, 0.3) is 5.91 Å². The highest BCUT2D eigenvalue weighted by molar-refractivity contribution is 7.15. The molecule has 0 saturated carbocycles. The minimum Gasteiger partial charge on any atom is -0.482 e. The monoisotopic (exact) mass is 451 g/mol. The van der Waals surface area contributed by atoms with Crippen molar-refractivity contribution in [1.29, 1.82) is 0 Å². The summed E-state index contributed by atoms with van der Waals surface area (Å²) in [6.07, 6.45) is 1.84. The number of nitrogens with two attached hydrogens (primary N) is 1. The van der Waals surface area contributed by atoms with Crippen LogP contribution in [0, 0.1) is 0 Å². The smallest absolute Gasteiger partial charge is 0.346 e. The Balaban J connectivity index is 0.00000256. The number of benzene rings is 1. The maximum Gasteiger partial charge on any atom is 0.346 e. The zero-order valence-electron chi connectivity index (χ0n) is 15.7. The molecule has 0 fully saturated rings. The third-order valence-corrected chi connectivity index (χ3v) is 5.57. The van der Waals surface area contributed by atoms with E-state index in [1.165, 1.54) is 26.9 Å². The molecule has 1 amide bonds. The summed E-state index contributed by atoms with van der Waals surface area (Å²) in [5.41, 5.74) is 6.97. The van der Waals surface area contributed by atoms with E-state index in [1.807, 2.05) is 30.3 Å². The molecular weight excluding hydrogens is 433 g/mol. The van der Waals surface area contributed by atoms with Crippen LogP contribution in [0.2, 0.25) is 0 Å². The number of carbonyl (C=O) groups excluding carboxylic acids is 1. The van der Waals surface area contributed by atoms with Gasteiger partial charge in [-0.1, -0.05) is 0 Å². The van der Waals surface area contributed by atoms with Gasteiger partial charge >= 0.3 is 5.69 Å². The molecule has 0 aliphatic carbocycles. The average molecular weight is 452 g/mol. The molecule has 30 heavy (non-hydrogen) atoms. The standard InChI is InChI=1S/C19H18FN5O3S.ClH/c20-6-12(7-21)8-25-19(27)24(11-22-25)9-14-2-4-17(29-14)13-1-3-16-15(5-13)23-18(26)10-28-16;/h1-6,11H,7-10,21H2,(H,23,26);1H/b12-6-;. The number of carbonyl (C=O) groups is 1. The van der Waals surface area contributed by atoms with Gasteiger partial charge in [-0.05, 0) is 41.5 Å². The Bertz CT molecular complexity index is 1150. The molecule has 3 N–H and O–H groups in total. The summed E-state index contributed by atoms with van der Waals surface area (Å²) in [7, 11) is 0. The van der Waals surface area contributed by atoms with E-state index in [1.54, 1.807) is 0 Å². The van der Waals surface area contributed by atoms with Crippen LogP contribution in [0.5, 0.6) is 5.75 Å². The average Bonchev–Trinajstić information content (AvgIpc) is 3.33. The molecular formula is C19H19ClFN5O3S. The van der Waals surface area contributed by atoms with Gasteiger partial charge in [0.1, 0.15) is 12.1 Å². The number of thiophene rings is 1. The van der Waals surface area contributed by atoms with E-state index in [0.717, 1.165) is 15.3 Å². The lowest BCUT2D eigenvalue weighted by atomic mass is 10.1. The first-order chi connectivity index (χ1) is 14.1. The highest BCUT2D eigenvalue weighted by atomic mass is 35.5. The van der Waals surface area contributed by atoms with Crippen LogP contribution in [0.3, 0.4) is 0 Å². The lowest BCUT2D eigenvalue weighted by Gasteiger charge is -2.18. The van der Waals surface area contributed by atoms with Gasteiger partial charge in [0.2, 0.25) is 0 Å². The van der Waals surface area contributed by atoms with Crippen LogP contribution in [-0.2, 0) is 17.9 Å². The van der Waals surface area contributed by atoms with Crippen LogP contribution in [0.15, 0.2) is 53.4 Å². The molecule has 0 radical (unpaired) electrons. The largest absolute Gasteiger partial charge is 0.482 e. The molecule has 3 aromatic rings. The Labute approximate surface area is 181 Å². The Hall–Kier alpha value is -2.95. The van der Waals surface area contributed by atoms with Crippen molar-refractivity contribution in [3.8, 4) is 16.2 Å². The van der Waals surface area contributed by atoms with Gasteiger partial charge < -0.3 is 15.8 Å². The second kappa shape index (κ2) is 9.24. The molecule has 8 nitrogen and oxygen atoms in total. The van der Waals surface area contributed by atoms with Gasteiger partial charge in [-0.15, -0.1) is 23.7 Å². The van der Waals surface area contributed by atoms with E-state index < -0.39 is 0 Å². The zero-order chi connectivity index (χ0) is 20.4. The highest BCUT2D eigenvalue weighted by Gasteiger charge is 2.17. The van der Waals surface area contributed by atoms with Crippen molar-refractivity contribution in [2.24, 2.45) is 5.73 Å². The Morgan fingerprint density at radius 1 is 1.33 bits per heavy atom. The van der Waals surface area contributed by atoms with Crippen LogP contribution in [0.1, 0.15) is 4.88 Å². The van der Waals surface area contributed by atoms with Crippen molar-refractivity contribution in [2.75, 3.05) is 18.5 Å². The van der Waals surface area contributed by atoms with E-state index in [9.17, 15) is 14.0 Å². The summed E-state index contributed by atoms with van der Waals surface area (Å²) in [4.78, 5) is 25.9. The number of hydrogen-bond donors (Lipinski definition) is 2. The van der Waals surface area contributed by atoms with Crippen LogP contribution >= 0.6 is 23.7 Å². The van der Waals surface area contributed by atoms with Crippen molar-refractivity contribution in [3.63, 3.8) is 0 Å². The molecule has 1 aliphatic heterocycles. The summed E-state index contributed by atoms with van der Waals surface area (Å²) in [5, 5.41) is 6.82. The number of halogens is 2. The number of anilines is 1. The number of nitrogens with zero attached hydrogens (tertiary/aromatic N) is 3. The molecule has 0 bridgehead atoms. The molecule has 0 spiro atoms. The van der Waals surface area contributed by atoms with Gasteiger partial charge in [-0.3, -0.25) is 9.36 Å². The Morgan fingerprint density at radius 2 is 2.17 bits per heavy atom. The van der Waals surface area contributed by atoms with Crippen LogP contribution in [-0.4, -0.2) is 33.4 Å². The third-order valence-electron chi connectivity index (χ3n) is 4.45. The summed E-state index contributed by atoms with van der Waals surface area (Å²) < 4.78 is 20.7. The maximum absolute atomic E-state index is 12.7. The summed E-state index contributed by atoms with van der Waals surface area (Å²) in [6.45, 7) is 0.422. The van der Waals surface area contributed by atoms with Gasteiger partial charge in [0.05, 0.1) is 25.1 Å². The first kappa shape index (κ1) is 21.8. The Morgan fingerprint density at radius 3 is 2.93 bits per heavy atom. The summed E-state index contributed by atoms with van der Waals surface area (Å²) in [5.74, 6) is 0.460. The predicted octanol–water partition coefficient (Wildman–Crippen LogP) is 2.39. The van der Waals surface area contributed by atoms with Crippen LogP contribution in [0.4, 0.5) is 10.1 Å². The molecule has 0 unspecified atom stereocenters. The normalized spacial score (nSPS) is 13.3. The second-order valence-corrected chi connectivity index (χ2v) is 7.65. The molecule has 2 aromatic heterocycles. The van der Waals surface area contributed by atoms with Gasteiger partial charge in [-0.2, -0.15) is 5.10 Å². The van der Waals surface area contributed by atoms with E-state index >= 15 is 0 Å². The zero-order valence-corrected chi connectivity index (χ0v) is 17.3. The molecule has 0 atom stereocenters. The fourth-order valence-corrected chi connectivity index (χ4v) is 3.95. The topological polar surface area (TPSA) is 104 Å². The summed E-state index contributed by atoms with van der Waals surface area (Å²) >= 11 is 1.53. The van der Waals surface area contributed by atoms with Crippen molar-refractivity contribution >= 4 is 35.3 Å². The number of ether oxygens (including phenoxy) is 1. The molecule has 1 aliphatic rings. The number of amides is 1. The van der Waals surface area contributed by atoms with E-state index in [0.29, 0.717) is 29.9 Å². The number of hydrogen-bond acceptors (Lipinski definition) is 6. The van der Waals surface area contributed by atoms with E-state index in [2.05, 4.69) is 10.4 Å². The minimum absolute atomic E-state index is 0. The summed E-state index contributed by atoms with van der Waals surface area (Å²) in [6, 6.07) is 9.51. The first-order valence-electron chi connectivity index (χ1n) is 8.83. The SMILES string of the molecule is Cl.NC/C(=C/F)Cn1ncn(Cc2ccc(-c3ccc4c(c3)NC(=O)CO4)s2)c1=O. The molecule has 0 saturated heterocycles. The molecule has 3 heterocycles. The molecule has 11 heteroatoms. The number of aromatic nitrogens is 3. The van der Waals surface area contributed by atoms with Crippen LogP contribution in [0.25, 0.3) is 10.4 Å². The number of fused-ring (bicyclic) bond motifs is 1. The third kappa shape index (κ3) is 4.45. The second-order valence-electron chi connectivity index (χ2n) is 6.48. The quantitative estimate of drug-likeness (QED) is 0.598. The van der Waals surface area contributed by atoms with Gasteiger partial charge in [0.15, 0.2) is 6.61 Å². The van der Waals surface area contributed by atoms with Crippen LogP contribution < -0.4 is 21.5 Å². The van der Waals surface area contributed by atoms with Crippen molar-refractivity contribution in [2.45, 2.75) is 13.1 Å². The van der Waals surface area contributed by atoms with E-state index in [4.69, 9.17) is 10.5 Å². The molecule has 1 aromatic carbocycles. The minimum atomic E-state index is -0.332. The van der Waals surface area contributed by atoms with Crippen molar-refractivity contribution in [3.05, 3.63) is 63.9 Å². The number of rotatable bonds is 6. The maximum atomic E-state index is 12.7. The van der Waals surface area contributed by atoms with Crippen molar-refractivity contribution in [1.82, 2.24) is 14.3 Å². The fourth-order valence-electron chi connectivity index (χ4n) is 2.95. The molecule has 158 valence electrons. The fraction of sp³-hybridized carbons (Fsp3) is 0.211. The van der Waals surface area contributed by atoms with Gasteiger partial charge in [0, 0.05) is 16.3 Å². The van der Waals surface area contributed by atoms with Crippen molar-refractivity contribution < 1.29 is 13.9 Å². The molecule has 4 rings (SSSR count). The number of nitrogens with one attached hydrogen (secondary N) is 1.